The topological polar surface area (TPSA) is 135 Å². The molecule has 3 aromatic heterocycles. The molecule has 0 aromatic carbocycles. The molecule has 0 aliphatic heterocycles. The molecule has 1 amide bonds. The summed E-state index contributed by atoms with van der Waals surface area (Å²) in [4.78, 5) is 21.0. The number of aromatic nitrogens is 7. The lowest BCUT2D eigenvalue weighted by Crippen LogP contribution is -2.37. The van der Waals surface area contributed by atoms with E-state index in [2.05, 4.69) is 40.8 Å². The first kappa shape index (κ1) is 16.7. The molecule has 3 rings (SSSR count). The van der Waals surface area contributed by atoms with Crippen molar-refractivity contribution in [2.45, 2.75) is 33.7 Å². The summed E-state index contributed by atoms with van der Waals surface area (Å²) in [5.74, 6) is 0.666. The lowest BCUT2D eigenvalue weighted by atomic mass is 9.86. The number of aryl methyl sites for hydroxylation is 1. The van der Waals surface area contributed by atoms with Gasteiger partial charge in [-0.1, -0.05) is 25.9 Å². The van der Waals surface area contributed by atoms with Gasteiger partial charge in [-0.3, -0.25) is 9.89 Å². The van der Waals surface area contributed by atoms with Gasteiger partial charge in [0.15, 0.2) is 5.82 Å². The summed E-state index contributed by atoms with van der Waals surface area (Å²) in [5.41, 5.74) is 0.620. The highest BCUT2D eigenvalue weighted by molar-refractivity contribution is 5.95. The average Bonchev–Trinajstić information content (AvgIpc) is 3.22. The molecule has 3 heterocycles. The first-order chi connectivity index (χ1) is 11.9. The number of hydrogen-bond donors (Lipinski definition) is 2. The first-order valence-electron chi connectivity index (χ1n) is 7.65. The summed E-state index contributed by atoms with van der Waals surface area (Å²) in [6, 6.07) is 1.11. The van der Waals surface area contributed by atoms with E-state index in [4.69, 9.17) is 4.52 Å². The van der Waals surface area contributed by atoms with Crippen LogP contribution in [0.4, 0.5) is 0 Å². The van der Waals surface area contributed by atoms with Crippen LogP contribution >= 0.6 is 0 Å². The molecular formula is C15H18N8O2. The fourth-order valence-electron chi connectivity index (χ4n) is 2.26. The maximum absolute atomic E-state index is 12.6. The third-order valence-electron chi connectivity index (χ3n) is 3.61. The van der Waals surface area contributed by atoms with Gasteiger partial charge in [0, 0.05) is 0 Å². The fourth-order valence-corrected chi connectivity index (χ4v) is 2.26. The van der Waals surface area contributed by atoms with E-state index >= 15 is 0 Å². The number of carbonyl (C=O) groups excluding carboxylic acids is 1. The summed E-state index contributed by atoms with van der Waals surface area (Å²) in [6.45, 7) is 7.62. The van der Waals surface area contributed by atoms with Gasteiger partial charge in [0.2, 0.25) is 11.7 Å². The van der Waals surface area contributed by atoms with Crippen molar-refractivity contribution in [2.75, 3.05) is 0 Å². The molecule has 0 bridgehead atoms. The summed E-state index contributed by atoms with van der Waals surface area (Å²) < 4.78 is 5.35. The van der Waals surface area contributed by atoms with Crippen LogP contribution < -0.4 is 5.32 Å². The molecule has 0 saturated carbocycles. The zero-order valence-electron chi connectivity index (χ0n) is 14.3. The van der Waals surface area contributed by atoms with Gasteiger partial charge in [0.05, 0.1) is 17.5 Å². The van der Waals surface area contributed by atoms with Crippen LogP contribution in [-0.4, -0.2) is 41.4 Å². The molecule has 130 valence electrons. The SMILES string of the molecule is Cc1nnccc1C(=O)N[C@@H](c1nc(-c2ncn[nH]2)no1)C(C)(C)C. The molecule has 0 radical (unpaired) electrons. The van der Waals surface area contributed by atoms with Crippen LogP contribution in [-0.2, 0) is 0 Å². The van der Waals surface area contributed by atoms with Crippen molar-refractivity contribution in [3.63, 3.8) is 0 Å². The molecule has 0 aliphatic rings. The standard InChI is InChI=1S/C15H18N8O2/c1-8-9(5-6-17-21-8)13(24)19-10(15(2,3)4)14-20-12(23-25-14)11-16-7-18-22-11/h5-7,10H,1-4H3,(H,19,24)(H,16,18,22)/t10-/m0/s1. The van der Waals surface area contributed by atoms with Crippen molar-refractivity contribution in [1.29, 1.82) is 0 Å². The van der Waals surface area contributed by atoms with Crippen molar-refractivity contribution in [1.82, 2.24) is 40.8 Å². The minimum atomic E-state index is -0.503. The largest absolute Gasteiger partial charge is 0.340 e. The summed E-state index contributed by atoms with van der Waals surface area (Å²) in [6.07, 6.45) is 2.83. The van der Waals surface area contributed by atoms with Crippen molar-refractivity contribution in [3.05, 3.63) is 35.7 Å². The lowest BCUT2D eigenvalue weighted by Gasteiger charge is -2.28. The summed E-state index contributed by atoms with van der Waals surface area (Å²) in [5, 5.41) is 20.9. The highest BCUT2D eigenvalue weighted by Gasteiger charge is 2.33. The van der Waals surface area contributed by atoms with E-state index in [1.54, 1.807) is 13.0 Å². The number of carbonyl (C=O) groups is 1. The Morgan fingerprint density at radius 2 is 2.16 bits per heavy atom. The monoisotopic (exact) mass is 342 g/mol. The minimum Gasteiger partial charge on any atom is -0.340 e. The van der Waals surface area contributed by atoms with Crippen LogP contribution in [0.2, 0.25) is 0 Å². The molecule has 0 aliphatic carbocycles. The van der Waals surface area contributed by atoms with Gasteiger partial charge < -0.3 is 9.84 Å². The number of nitrogens with one attached hydrogen (secondary N) is 2. The van der Waals surface area contributed by atoms with Gasteiger partial charge in [-0.15, -0.1) is 0 Å². The molecule has 25 heavy (non-hydrogen) atoms. The van der Waals surface area contributed by atoms with Crippen LogP contribution in [0.1, 0.15) is 48.8 Å². The zero-order valence-corrected chi connectivity index (χ0v) is 14.3. The predicted octanol–water partition coefficient (Wildman–Crippen LogP) is 1.47. The van der Waals surface area contributed by atoms with E-state index in [0.29, 0.717) is 17.1 Å². The third-order valence-corrected chi connectivity index (χ3v) is 3.61. The summed E-state index contributed by atoms with van der Waals surface area (Å²) >= 11 is 0. The molecule has 0 fully saturated rings. The zero-order chi connectivity index (χ0) is 18.0. The number of H-pyrrole nitrogens is 1. The Hall–Kier alpha value is -3.17. The Labute approximate surface area is 143 Å². The maximum Gasteiger partial charge on any atom is 0.253 e. The molecule has 10 nitrogen and oxygen atoms in total. The molecule has 0 spiro atoms. The second kappa shape index (κ2) is 6.38. The Bertz CT molecular complexity index is 866. The Morgan fingerprint density at radius 3 is 2.80 bits per heavy atom. The Kier molecular flexibility index (Phi) is 4.26. The van der Waals surface area contributed by atoms with E-state index in [0.717, 1.165) is 0 Å². The third kappa shape index (κ3) is 3.52. The van der Waals surface area contributed by atoms with Gasteiger partial charge >= 0.3 is 0 Å². The van der Waals surface area contributed by atoms with E-state index in [1.165, 1.54) is 12.5 Å². The predicted molar refractivity (Wildman–Crippen MR) is 86.1 cm³/mol. The van der Waals surface area contributed by atoms with Crippen LogP contribution in [0, 0.1) is 12.3 Å². The van der Waals surface area contributed by atoms with E-state index in [9.17, 15) is 4.79 Å². The van der Waals surface area contributed by atoms with Crippen molar-refractivity contribution in [2.24, 2.45) is 5.41 Å². The van der Waals surface area contributed by atoms with E-state index in [1.807, 2.05) is 20.8 Å². The number of aromatic amines is 1. The van der Waals surface area contributed by atoms with E-state index in [-0.39, 0.29) is 23.0 Å². The van der Waals surface area contributed by atoms with Gasteiger partial charge in [0.25, 0.3) is 5.91 Å². The maximum atomic E-state index is 12.6. The van der Waals surface area contributed by atoms with Crippen LogP contribution in [0.25, 0.3) is 11.6 Å². The highest BCUT2D eigenvalue weighted by Crippen LogP contribution is 2.32. The Balaban J connectivity index is 1.89. The van der Waals surface area contributed by atoms with Gasteiger partial charge in [-0.25, -0.2) is 4.98 Å². The molecule has 3 aromatic rings. The van der Waals surface area contributed by atoms with Crippen molar-refractivity contribution < 1.29 is 9.32 Å². The smallest absolute Gasteiger partial charge is 0.253 e. The molecule has 0 unspecified atom stereocenters. The number of amides is 1. The fraction of sp³-hybridized carbons (Fsp3) is 0.400. The molecule has 0 saturated heterocycles. The van der Waals surface area contributed by atoms with Crippen LogP contribution in [0.5, 0.6) is 0 Å². The van der Waals surface area contributed by atoms with Crippen molar-refractivity contribution in [3.8, 4) is 11.6 Å². The van der Waals surface area contributed by atoms with Crippen LogP contribution in [0.3, 0.4) is 0 Å². The second-order valence-electron chi connectivity index (χ2n) is 6.59. The number of rotatable bonds is 4. The van der Waals surface area contributed by atoms with Crippen molar-refractivity contribution >= 4 is 5.91 Å². The molecule has 2 N–H and O–H groups in total. The number of hydrogen-bond acceptors (Lipinski definition) is 8. The van der Waals surface area contributed by atoms with Crippen LogP contribution in [0.15, 0.2) is 23.1 Å². The normalized spacial score (nSPS) is 12.8. The average molecular weight is 342 g/mol. The van der Waals surface area contributed by atoms with Gasteiger partial charge in [0.1, 0.15) is 12.4 Å². The molecule has 1 atom stereocenters. The highest BCUT2D eigenvalue weighted by atomic mass is 16.5. The summed E-state index contributed by atoms with van der Waals surface area (Å²) in [7, 11) is 0. The molecular weight excluding hydrogens is 324 g/mol. The quantitative estimate of drug-likeness (QED) is 0.727. The minimum absolute atomic E-state index is 0.276. The number of nitrogens with zero attached hydrogens (tertiary/aromatic N) is 6. The van der Waals surface area contributed by atoms with Gasteiger partial charge in [-0.05, 0) is 18.4 Å². The molecule has 10 heteroatoms. The Morgan fingerprint density at radius 1 is 1.36 bits per heavy atom. The second-order valence-corrected chi connectivity index (χ2v) is 6.59. The van der Waals surface area contributed by atoms with E-state index < -0.39 is 6.04 Å². The first-order valence-corrected chi connectivity index (χ1v) is 7.65. The van der Waals surface area contributed by atoms with Gasteiger partial charge in [-0.2, -0.15) is 20.3 Å². The lowest BCUT2D eigenvalue weighted by molar-refractivity contribution is 0.0879.